The third-order valence-corrected chi connectivity index (χ3v) is 7.80. The predicted octanol–water partition coefficient (Wildman–Crippen LogP) is 4.87. The van der Waals surface area contributed by atoms with Crippen LogP contribution in [-0.2, 0) is 15.1 Å². The van der Waals surface area contributed by atoms with Crippen molar-refractivity contribution in [2.45, 2.75) is 76.7 Å². The topological polar surface area (TPSA) is 64.8 Å². The molecule has 0 aromatic heterocycles. The fourth-order valence-electron chi connectivity index (χ4n) is 5.72. The first-order chi connectivity index (χ1) is 15.0. The van der Waals surface area contributed by atoms with Gasteiger partial charge >= 0.3 is 5.97 Å². The molecule has 2 aliphatic rings. The minimum Gasteiger partial charge on any atom is -0.497 e. The van der Waals surface area contributed by atoms with E-state index in [2.05, 4.69) is 31.0 Å². The van der Waals surface area contributed by atoms with Crippen LogP contribution in [0.15, 0.2) is 24.3 Å². The first kappa shape index (κ1) is 24.1. The van der Waals surface area contributed by atoms with Crippen LogP contribution in [0.5, 0.6) is 5.75 Å². The number of methoxy groups -OCH3 is 1. The quantitative estimate of drug-likeness (QED) is 0.566. The van der Waals surface area contributed by atoms with Crippen molar-refractivity contribution >= 4 is 5.97 Å². The molecule has 2 unspecified atom stereocenters. The molecule has 31 heavy (non-hydrogen) atoms. The summed E-state index contributed by atoms with van der Waals surface area (Å²) in [5, 5.41) is 0. The average Bonchev–Trinajstić information content (AvgIpc) is 2.80. The zero-order valence-corrected chi connectivity index (χ0v) is 19.8. The van der Waals surface area contributed by atoms with E-state index in [1.54, 1.807) is 7.11 Å². The summed E-state index contributed by atoms with van der Waals surface area (Å²) >= 11 is 0. The van der Waals surface area contributed by atoms with Crippen molar-refractivity contribution in [1.82, 2.24) is 4.90 Å². The number of nitrogens with zero attached hydrogens (tertiary/aromatic N) is 1. The number of carbonyl (C=O) groups is 1. The monoisotopic (exact) mass is 430 g/mol. The Hall–Kier alpha value is -1.59. The molecule has 1 aromatic rings. The van der Waals surface area contributed by atoms with Crippen LogP contribution in [-0.4, -0.2) is 44.7 Å². The van der Waals surface area contributed by atoms with Crippen molar-refractivity contribution in [2.24, 2.45) is 17.1 Å². The summed E-state index contributed by atoms with van der Waals surface area (Å²) < 4.78 is 12.1. The Morgan fingerprint density at radius 2 is 1.90 bits per heavy atom. The second kappa shape index (κ2) is 10.8. The van der Waals surface area contributed by atoms with Crippen molar-refractivity contribution in [2.75, 3.05) is 33.8 Å². The molecule has 174 valence electrons. The van der Waals surface area contributed by atoms with Crippen LogP contribution in [0, 0.1) is 11.3 Å². The van der Waals surface area contributed by atoms with Gasteiger partial charge < -0.3 is 20.1 Å². The van der Waals surface area contributed by atoms with E-state index in [0.29, 0.717) is 13.0 Å². The zero-order chi connectivity index (χ0) is 22.3. The third-order valence-electron chi connectivity index (χ3n) is 7.80. The number of carbonyl (C=O) groups excluding carboxylic acids is 1. The molecule has 5 heteroatoms. The lowest BCUT2D eigenvalue weighted by Crippen LogP contribution is -2.47. The van der Waals surface area contributed by atoms with Crippen LogP contribution >= 0.6 is 0 Å². The lowest BCUT2D eigenvalue weighted by atomic mass is 9.70. The molecule has 0 aliphatic heterocycles. The van der Waals surface area contributed by atoms with E-state index < -0.39 is 5.60 Å². The van der Waals surface area contributed by atoms with Crippen LogP contribution in [0.1, 0.15) is 76.7 Å². The molecule has 2 aliphatic carbocycles. The van der Waals surface area contributed by atoms with Crippen molar-refractivity contribution in [3.8, 4) is 5.75 Å². The molecule has 2 atom stereocenters. The number of nitrogens with two attached hydrogens (primary N) is 1. The number of hydrogen-bond donors (Lipinski definition) is 1. The van der Waals surface area contributed by atoms with Gasteiger partial charge in [-0.3, -0.25) is 4.79 Å². The number of hydrogen-bond acceptors (Lipinski definition) is 5. The fourth-order valence-corrected chi connectivity index (χ4v) is 5.72. The largest absolute Gasteiger partial charge is 0.497 e. The molecule has 0 saturated heterocycles. The first-order valence-electron chi connectivity index (χ1n) is 12.2. The summed E-state index contributed by atoms with van der Waals surface area (Å²) in [4.78, 5) is 15.8. The van der Waals surface area contributed by atoms with Gasteiger partial charge in [0.15, 0.2) is 0 Å². The van der Waals surface area contributed by atoms with Crippen LogP contribution in [0.2, 0.25) is 0 Å². The van der Waals surface area contributed by atoms with Gasteiger partial charge in [-0.15, -0.1) is 0 Å². The second-order valence-electron chi connectivity index (χ2n) is 9.83. The van der Waals surface area contributed by atoms with Gasteiger partial charge in [0, 0.05) is 12.5 Å². The van der Waals surface area contributed by atoms with E-state index in [0.717, 1.165) is 69.3 Å². The molecule has 2 N–H and O–H groups in total. The maximum Gasteiger partial charge on any atom is 0.307 e. The molecule has 0 heterocycles. The molecule has 3 rings (SSSR count). The number of benzene rings is 1. The van der Waals surface area contributed by atoms with Gasteiger partial charge in [-0.2, -0.15) is 0 Å². The summed E-state index contributed by atoms with van der Waals surface area (Å²) in [6, 6.07) is 8.15. The minimum absolute atomic E-state index is 0.0822. The smallest absolute Gasteiger partial charge is 0.307 e. The van der Waals surface area contributed by atoms with E-state index >= 15 is 0 Å². The van der Waals surface area contributed by atoms with Crippen LogP contribution < -0.4 is 10.5 Å². The molecule has 2 fully saturated rings. The van der Waals surface area contributed by atoms with E-state index in [1.165, 1.54) is 12.8 Å². The van der Waals surface area contributed by atoms with Crippen LogP contribution in [0.3, 0.4) is 0 Å². The van der Waals surface area contributed by atoms with Gasteiger partial charge in [-0.05, 0) is 75.4 Å². The molecule has 1 aromatic carbocycles. The summed E-state index contributed by atoms with van der Waals surface area (Å²) in [6.45, 7) is 4.64. The van der Waals surface area contributed by atoms with Crippen LogP contribution in [0.25, 0.3) is 0 Å². The Morgan fingerprint density at radius 3 is 2.58 bits per heavy atom. The molecule has 0 radical (unpaired) electrons. The van der Waals surface area contributed by atoms with Gasteiger partial charge in [0.25, 0.3) is 0 Å². The maximum absolute atomic E-state index is 13.5. The molecule has 2 saturated carbocycles. The normalized spacial score (nSPS) is 25.9. The Balaban J connectivity index is 1.91. The Labute approximate surface area is 188 Å². The predicted molar refractivity (Wildman–Crippen MR) is 125 cm³/mol. The molecular weight excluding hydrogens is 388 g/mol. The number of rotatable bonds is 9. The molecule has 0 spiro atoms. The summed E-state index contributed by atoms with van der Waals surface area (Å²) in [6.07, 6.45) is 10.3. The van der Waals surface area contributed by atoms with Crippen molar-refractivity contribution in [3.05, 3.63) is 29.8 Å². The molecular formula is C26H42N2O3. The third kappa shape index (κ3) is 5.61. The SMILES string of the molecule is CCN(C)CC1CCCCC1(OC(=O)CC1(CN)CCCCC1)c1cccc(OC)c1. The fraction of sp³-hybridized carbons (Fsp3) is 0.731. The summed E-state index contributed by atoms with van der Waals surface area (Å²) in [5.74, 6) is 0.996. The zero-order valence-electron chi connectivity index (χ0n) is 19.8. The van der Waals surface area contributed by atoms with Crippen molar-refractivity contribution < 1.29 is 14.3 Å². The highest BCUT2D eigenvalue weighted by atomic mass is 16.6. The van der Waals surface area contributed by atoms with E-state index in [4.69, 9.17) is 15.2 Å². The number of esters is 1. The van der Waals surface area contributed by atoms with E-state index in [1.807, 2.05) is 12.1 Å². The van der Waals surface area contributed by atoms with Crippen molar-refractivity contribution in [3.63, 3.8) is 0 Å². The average molecular weight is 431 g/mol. The molecule has 0 bridgehead atoms. The van der Waals surface area contributed by atoms with Gasteiger partial charge in [-0.25, -0.2) is 0 Å². The Kier molecular flexibility index (Phi) is 8.40. The van der Waals surface area contributed by atoms with Gasteiger partial charge in [0.2, 0.25) is 0 Å². The second-order valence-corrected chi connectivity index (χ2v) is 9.83. The highest BCUT2D eigenvalue weighted by Gasteiger charge is 2.47. The van der Waals surface area contributed by atoms with Gasteiger partial charge in [-0.1, -0.05) is 44.7 Å². The van der Waals surface area contributed by atoms with Crippen LogP contribution in [0.4, 0.5) is 0 Å². The lowest BCUT2D eigenvalue weighted by molar-refractivity contribution is -0.178. The Morgan fingerprint density at radius 1 is 1.16 bits per heavy atom. The highest BCUT2D eigenvalue weighted by molar-refractivity contribution is 5.71. The summed E-state index contributed by atoms with van der Waals surface area (Å²) in [7, 11) is 3.84. The Bertz CT molecular complexity index is 716. The van der Waals surface area contributed by atoms with E-state index in [9.17, 15) is 4.79 Å². The van der Waals surface area contributed by atoms with Crippen molar-refractivity contribution in [1.29, 1.82) is 0 Å². The first-order valence-corrected chi connectivity index (χ1v) is 12.2. The molecule has 5 nitrogen and oxygen atoms in total. The minimum atomic E-state index is -0.599. The van der Waals surface area contributed by atoms with Gasteiger partial charge in [0.05, 0.1) is 13.5 Å². The van der Waals surface area contributed by atoms with E-state index in [-0.39, 0.29) is 17.3 Å². The maximum atomic E-state index is 13.5. The standard InChI is InChI=1S/C26H42N2O3/c1-4-28(2)19-22-11-6-9-16-26(22,21-12-10-13-23(17-21)30-3)31-24(29)18-25(20-27)14-7-5-8-15-25/h10,12-13,17,22H,4-9,11,14-16,18-20,27H2,1-3H3. The molecule has 0 amide bonds. The summed E-state index contributed by atoms with van der Waals surface area (Å²) in [5.41, 5.74) is 6.56. The lowest BCUT2D eigenvalue weighted by Gasteiger charge is -2.46. The number of ether oxygens (including phenoxy) is 2. The van der Waals surface area contributed by atoms with Gasteiger partial charge in [0.1, 0.15) is 11.4 Å². The highest BCUT2D eigenvalue weighted by Crippen LogP contribution is 2.47.